The number of hydrogen-bond donors (Lipinski definition) is 1. The van der Waals surface area contributed by atoms with E-state index in [4.69, 9.17) is 0 Å². The van der Waals surface area contributed by atoms with Crippen LogP contribution < -0.4 is 9.62 Å². The number of aromatic nitrogens is 1. The number of nitrogens with one attached hydrogen (secondary N) is 1. The van der Waals surface area contributed by atoms with Gasteiger partial charge in [-0.15, -0.1) is 0 Å². The average Bonchev–Trinajstić information content (AvgIpc) is 2.96. The highest BCUT2D eigenvalue weighted by atomic mass is 32.2. The maximum Gasteiger partial charge on any atom is 0.243 e. The van der Waals surface area contributed by atoms with Crippen LogP contribution in [0.5, 0.6) is 0 Å². The number of hydrogen-bond acceptors (Lipinski definition) is 4. The van der Waals surface area contributed by atoms with E-state index in [2.05, 4.69) is 9.71 Å². The molecule has 0 bridgehead atoms. The minimum absolute atomic E-state index is 0.258. The third kappa shape index (κ3) is 3.10. The van der Waals surface area contributed by atoms with Crippen molar-refractivity contribution in [3.63, 3.8) is 0 Å². The van der Waals surface area contributed by atoms with Gasteiger partial charge in [-0.05, 0) is 30.7 Å². The fourth-order valence-corrected chi connectivity index (χ4v) is 3.89. The Hall–Kier alpha value is -1.99. The standard InChI is InChI=1S/C15H16FN3O2S/c16-13-5-1-2-6-14(13)22(20,21)18-12-8-10-19(11-12)15-7-3-4-9-17-15/h1-7,9,12,18H,8,10-11H2. The first-order valence-corrected chi connectivity index (χ1v) is 8.47. The van der Waals surface area contributed by atoms with Crippen LogP contribution >= 0.6 is 0 Å². The fourth-order valence-electron chi connectivity index (χ4n) is 2.55. The molecule has 7 heteroatoms. The van der Waals surface area contributed by atoms with Crippen molar-refractivity contribution in [2.45, 2.75) is 17.4 Å². The predicted molar refractivity (Wildman–Crippen MR) is 81.6 cm³/mol. The summed E-state index contributed by atoms with van der Waals surface area (Å²) in [4.78, 5) is 5.95. The Morgan fingerprint density at radius 2 is 1.95 bits per heavy atom. The number of sulfonamides is 1. The number of benzene rings is 1. The second-order valence-corrected chi connectivity index (χ2v) is 6.85. The lowest BCUT2D eigenvalue weighted by atomic mass is 10.3. The van der Waals surface area contributed by atoms with Crippen molar-refractivity contribution in [2.75, 3.05) is 18.0 Å². The van der Waals surface area contributed by atoms with E-state index >= 15 is 0 Å². The van der Waals surface area contributed by atoms with Gasteiger partial charge in [-0.2, -0.15) is 0 Å². The summed E-state index contributed by atoms with van der Waals surface area (Å²) in [5, 5.41) is 0. The first-order valence-electron chi connectivity index (χ1n) is 6.99. The second kappa shape index (κ2) is 6.02. The van der Waals surface area contributed by atoms with Crippen LogP contribution in [0.1, 0.15) is 6.42 Å². The molecule has 1 saturated heterocycles. The Labute approximate surface area is 128 Å². The van der Waals surface area contributed by atoms with Gasteiger partial charge in [0.15, 0.2) is 0 Å². The topological polar surface area (TPSA) is 62.3 Å². The molecule has 1 atom stereocenters. The number of nitrogens with zero attached hydrogens (tertiary/aromatic N) is 2. The third-order valence-corrected chi connectivity index (χ3v) is 5.16. The van der Waals surface area contributed by atoms with Crippen LogP contribution in [-0.4, -0.2) is 32.5 Å². The van der Waals surface area contributed by atoms with Gasteiger partial charge in [0.05, 0.1) is 0 Å². The number of pyridine rings is 1. The quantitative estimate of drug-likeness (QED) is 0.932. The highest BCUT2D eigenvalue weighted by Gasteiger charge is 2.29. The molecule has 116 valence electrons. The van der Waals surface area contributed by atoms with Crippen LogP contribution in [0.2, 0.25) is 0 Å². The summed E-state index contributed by atoms with van der Waals surface area (Å²) >= 11 is 0. The molecule has 2 heterocycles. The summed E-state index contributed by atoms with van der Waals surface area (Å²) in [5.74, 6) is 0.0738. The van der Waals surface area contributed by atoms with E-state index in [0.29, 0.717) is 19.5 Å². The van der Waals surface area contributed by atoms with E-state index in [1.54, 1.807) is 6.20 Å². The molecule has 1 aromatic heterocycles. The SMILES string of the molecule is O=S(=O)(NC1CCN(c2ccccn2)C1)c1ccccc1F. The van der Waals surface area contributed by atoms with Crippen LogP contribution in [0.15, 0.2) is 53.6 Å². The van der Waals surface area contributed by atoms with E-state index in [-0.39, 0.29) is 10.9 Å². The second-order valence-electron chi connectivity index (χ2n) is 5.17. The Bertz CT molecular complexity index is 752. The Balaban J connectivity index is 1.71. The number of rotatable bonds is 4. The van der Waals surface area contributed by atoms with Crippen LogP contribution in [-0.2, 0) is 10.0 Å². The van der Waals surface area contributed by atoms with Gasteiger partial charge >= 0.3 is 0 Å². The van der Waals surface area contributed by atoms with Gasteiger partial charge in [0.2, 0.25) is 10.0 Å². The Kier molecular flexibility index (Phi) is 4.08. The molecule has 1 N–H and O–H groups in total. The molecule has 2 aromatic rings. The fraction of sp³-hybridized carbons (Fsp3) is 0.267. The predicted octanol–water partition coefficient (Wildman–Crippen LogP) is 1.78. The lowest BCUT2D eigenvalue weighted by Gasteiger charge is -2.17. The molecule has 5 nitrogen and oxygen atoms in total. The normalized spacial score (nSPS) is 18.6. The lowest BCUT2D eigenvalue weighted by molar-refractivity contribution is 0.543. The monoisotopic (exact) mass is 321 g/mol. The molecule has 0 amide bonds. The zero-order valence-corrected chi connectivity index (χ0v) is 12.6. The number of anilines is 1. The molecule has 1 aliphatic heterocycles. The minimum Gasteiger partial charge on any atom is -0.355 e. The number of halogens is 1. The highest BCUT2D eigenvalue weighted by molar-refractivity contribution is 7.89. The third-order valence-electron chi connectivity index (χ3n) is 3.61. The maximum atomic E-state index is 13.7. The van der Waals surface area contributed by atoms with Crippen LogP contribution in [0.4, 0.5) is 10.2 Å². The smallest absolute Gasteiger partial charge is 0.243 e. The van der Waals surface area contributed by atoms with E-state index in [1.807, 2.05) is 23.1 Å². The van der Waals surface area contributed by atoms with Crippen molar-refractivity contribution < 1.29 is 12.8 Å². The van der Waals surface area contributed by atoms with Gasteiger partial charge in [0.1, 0.15) is 16.5 Å². The summed E-state index contributed by atoms with van der Waals surface area (Å²) in [6.45, 7) is 1.23. The van der Waals surface area contributed by atoms with E-state index in [0.717, 1.165) is 11.9 Å². The highest BCUT2D eigenvalue weighted by Crippen LogP contribution is 2.20. The van der Waals surface area contributed by atoms with Crippen molar-refractivity contribution in [2.24, 2.45) is 0 Å². The average molecular weight is 321 g/mol. The van der Waals surface area contributed by atoms with Crippen molar-refractivity contribution in [3.8, 4) is 0 Å². The van der Waals surface area contributed by atoms with E-state index < -0.39 is 15.8 Å². The van der Waals surface area contributed by atoms with Gasteiger partial charge in [-0.25, -0.2) is 22.5 Å². The first-order chi connectivity index (χ1) is 10.6. The molecule has 3 rings (SSSR count). The molecule has 22 heavy (non-hydrogen) atoms. The molecular weight excluding hydrogens is 305 g/mol. The van der Waals surface area contributed by atoms with Crippen LogP contribution in [0.3, 0.4) is 0 Å². The van der Waals surface area contributed by atoms with E-state index in [9.17, 15) is 12.8 Å². The first kappa shape index (κ1) is 14.9. The summed E-state index contributed by atoms with van der Waals surface area (Å²) in [6, 6.07) is 10.7. The molecule has 1 aromatic carbocycles. The van der Waals surface area contributed by atoms with Gasteiger partial charge in [-0.1, -0.05) is 18.2 Å². The van der Waals surface area contributed by atoms with Gasteiger partial charge in [-0.3, -0.25) is 0 Å². The van der Waals surface area contributed by atoms with Gasteiger partial charge in [0.25, 0.3) is 0 Å². The molecule has 1 fully saturated rings. The van der Waals surface area contributed by atoms with Crippen LogP contribution in [0, 0.1) is 5.82 Å². The lowest BCUT2D eigenvalue weighted by Crippen LogP contribution is -2.37. The van der Waals surface area contributed by atoms with Crippen molar-refractivity contribution >= 4 is 15.8 Å². The maximum absolute atomic E-state index is 13.7. The van der Waals surface area contributed by atoms with E-state index in [1.165, 1.54) is 18.2 Å². The summed E-state index contributed by atoms with van der Waals surface area (Å²) in [6.07, 6.45) is 2.36. The summed E-state index contributed by atoms with van der Waals surface area (Å²) in [5.41, 5.74) is 0. The van der Waals surface area contributed by atoms with Crippen molar-refractivity contribution in [3.05, 3.63) is 54.5 Å². The van der Waals surface area contributed by atoms with Gasteiger partial charge in [0, 0.05) is 25.3 Å². The molecule has 1 unspecified atom stereocenters. The molecule has 0 aliphatic carbocycles. The molecule has 0 saturated carbocycles. The Morgan fingerprint density at radius 1 is 1.18 bits per heavy atom. The molecule has 1 aliphatic rings. The zero-order valence-electron chi connectivity index (χ0n) is 11.8. The molecule has 0 spiro atoms. The molecular formula is C15H16FN3O2S. The molecule has 0 radical (unpaired) electrons. The van der Waals surface area contributed by atoms with Crippen molar-refractivity contribution in [1.82, 2.24) is 9.71 Å². The van der Waals surface area contributed by atoms with Gasteiger partial charge < -0.3 is 4.90 Å². The largest absolute Gasteiger partial charge is 0.355 e. The summed E-state index contributed by atoms with van der Waals surface area (Å²) < 4.78 is 40.8. The minimum atomic E-state index is -3.85. The summed E-state index contributed by atoms with van der Waals surface area (Å²) in [7, 11) is -3.85. The zero-order chi connectivity index (χ0) is 15.6. The Morgan fingerprint density at radius 3 is 2.68 bits per heavy atom. The van der Waals surface area contributed by atoms with Crippen LogP contribution in [0.25, 0.3) is 0 Å². The van der Waals surface area contributed by atoms with Crippen molar-refractivity contribution in [1.29, 1.82) is 0 Å².